The zero-order chi connectivity index (χ0) is 20.3. The van der Waals surface area contributed by atoms with Gasteiger partial charge in [-0.3, -0.25) is 4.98 Å². The van der Waals surface area contributed by atoms with Gasteiger partial charge < -0.3 is 4.42 Å². The summed E-state index contributed by atoms with van der Waals surface area (Å²) in [7, 11) is -3.67. The molecule has 0 aliphatic rings. The molecule has 0 bridgehead atoms. The zero-order valence-electron chi connectivity index (χ0n) is 15.2. The highest BCUT2D eigenvalue weighted by Crippen LogP contribution is 2.24. The molecule has 0 spiro atoms. The van der Waals surface area contributed by atoms with Crippen LogP contribution in [0, 0.1) is 0 Å². The summed E-state index contributed by atoms with van der Waals surface area (Å²) in [5.41, 5.74) is 3.13. The molecule has 146 valence electrons. The van der Waals surface area contributed by atoms with E-state index < -0.39 is 10.0 Å². The van der Waals surface area contributed by atoms with Crippen LogP contribution in [-0.4, -0.2) is 13.4 Å². The van der Waals surface area contributed by atoms with Gasteiger partial charge in [0.05, 0.1) is 11.2 Å². The predicted molar refractivity (Wildman–Crippen MR) is 113 cm³/mol. The molecule has 0 saturated heterocycles. The summed E-state index contributed by atoms with van der Waals surface area (Å²) < 4.78 is 33.4. The van der Waals surface area contributed by atoms with Crippen LogP contribution in [0.4, 0.5) is 0 Å². The summed E-state index contributed by atoms with van der Waals surface area (Å²) in [5.74, 6) is 0.663. The summed E-state index contributed by atoms with van der Waals surface area (Å²) >= 11 is 5.92. The van der Waals surface area contributed by atoms with Crippen LogP contribution in [0.5, 0.6) is 0 Å². The van der Waals surface area contributed by atoms with Crippen LogP contribution in [0.15, 0.2) is 94.6 Å². The fraction of sp³-hybridized carbons (Fsp3) is 0.0455. The molecule has 0 aliphatic heterocycles. The molecular formula is C22H17ClN2O3S. The van der Waals surface area contributed by atoms with E-state index in [9.17, 15) is 8.42 Å². The van der Waals surface area contributed by atoms with Crippen molar-refractivity contribution in [1.82, 2.24) is 9.71 Å². The summed E-state index contributed by atoms with van der Waals surface area (Å²) in [6.45, 7) is 0.138. The van der Waals surface area contributed by atoms with Crippen LogP contribution in [0.25, 0.3) is 22.6 Å². The quantitative estimate of drug-likeness (QED) is 0.465. The van der Waals surface area contributed by atoms with Crippen LogP contribution < -0.4 is 4.72 Å². The molecule has 0 saturated carbocycles. The van der Waals surface area contributed by atoms with Crippen molar-refractivity contribution in [3.8, 4) is 22.6 Å². The van der Waals surface area contributed by atoms with Gasteiger partial charge in [0, 0.05) is 17.8 Å². The maximum Gasteiger partial charge on any atom is 0.240 e. The van der Waals surface area contributed by atoms with Gasteiger partial charge in [-0.1, -0.05) is 41.9 Å². The van der Waals surface area contributed by atoms with Crippen LogP contribution in [0.1, 0.15) is 5.56 Å². The highest BCUT2D eigenvalue weighted by molar-refractivity contribution is 7.89. The number of hydrogen-bond acceptors (Lipinski definition) is 4. The van der Waals surface area contributed by atoms with Crippen molar-refractivity contribution in [2.75, 3.05) is 0 Å². The van der Waals surface area contributed by atoms with Crippen LogP contribution in [0.2, 0.25) is 5.02 Å². The second-order valence-electron chi connectivity index (χ2n) is 6.39. The Morgan fingerprint density at radius 2 is 1.76 bits per heavy atom. The lowest BCUT2D eigenvalue weighted by molar-refractivity contribution is 0.578. The highest BCUT2D eigenvalue weighted by atomic mass is 35.5. The van der Waals surface area contributed by atoms with Crippen molar-refractivity contribution in [3.63, 3.8) is 0 Å². The Balaban J connectivity index is 1.49. The molecule has 1 N–H and O–H groups in total. The first-order chi connectivity index (χ1) is 14.0. The molecule has 0 aliphatic carbocycles. The standard InChI is InChI=1S/C22H17ClN2O3S/c23-19-9-7-17(8-10-19)18-3-1-4-20(13-18)29(26,27)25-15-16-6-11-21(24-14-16)22-5-2-12-28-22/h1-14,25H,15H2. The van der Waals surface area contributed by atoms with Gasteiger partial charge in [-0.25, -0.2) is 13.1 Å². The normalized spacial score (nSPS) is 11.5. The van der Waals surface area contributed by atoms with Gasteiger partial charge >= 0.3 is 0 Å². The maximum atomic E-state index is 12.7. The number of aromatic nitrogens is 1. The molecule has 2 aromatic heterocycles. The number of rotatable bonds is 6. The number of nitrogens with one attached hydrogen (secondary N) is 1. The molecule has 4 rings (SSSR count). The van der Waals surface area contributed by atoms with E-state index in [1.54, 1.807) is 54.9 Å². The number of hydrogen-bond donors (Lipinski definition) is 1. The minimum atomic E-state index is -3.67. The fourth-order valence-electron chi connectivity index (χ4n) is 2.85. The van der Waals surface area contributed by atoms with Gasteiger partial charge in [0.25, 0.3) is 0 Å². The Bertz CT molecular complexity index is 1200. The first-order valence-corrected chi connectivity index (χ1v) is 10.7. The third-order valence-electron chi connectivity index (χ3n) is 4.39. The van der Waals surface area contributed by atoms with E-state index in [2.05, 4.69) is 9.71 Å². The summed E-state index contributed by atoms with van der Waals surface area (Å²) in [5, 5.41) is 0.630. The second kappa shape index (κ2) is 8.21. The fourth-order valence-corrected chi connectivity index (χ4v) is 4.04. The Morgan fingerprint density at radius 3 is 2.45 bits per heavy atom. The van der Waals surface area contributed by atoms with E-state index in [-0.39, 0.29) is 11.4 Å². The average Bonchev–Trinajstić information content (AvgIpc) is 3.28. The highest BCUT2D eigenvalue weighted by Gasteiger charge is 2.15. The smallest absolute Gasteiger partial charge is 0.240 e. The molecule has 0 unspecified atom stereocenters. The van der Waals surface area contributed by atoms with E-state index in [4.69, 9.17) is 16.0 Å². The lowest BCUT2D eigenvalue weighted by Crippen LogP contribution is -2.23. The maximum absolute atomic E-state index is 12.7. The van der Waals surface area contributed by atoms with E-state index >= 15 is 0 Å². The minimum Gasteiger partial charge on any atom is -0.463 e. The number of benzene rings is 2. The first-order valence-electron chi connectivity index (χ1n) is 8.86. The van der Waals surface area contributed by atoms with E-state index in [1.807, 2.05) is 30.3 Å². The van der Waals surface area contributed by atoms with Crippen molar-refractivity contribution < 1.29 is 12.8 Å². The van der Waals surface area contributed by atoms with Gasteiger partial charge in [0.15, 0.2) is 5.76 Å². The monoisotopic (exact) mass is 424 g/mol. The number of nitrogens with zero attached hydrogens (tertiary/aromatic N) is 1. The van der Waals surface area contributed by atoms with Crippen molar-refractivity contribution in [1.29, 1.82) is 0 Å². The molecule has 2 aromatic carbocycles. The van der Waals surface area contributed by atoms with E-state index in [1.165, 1.54) is 0 Å². The molecule has 0 fully saturated rings. The van der Waals surface area contributed by atoms with Gasteiger partial charge in [-0.15, -0.1) is 0 Å². The Kier molecular flexibility index (Phi) is 5.49. The molecule has 4 aromatic rings. The minimum absolute atomic E-state index is 0.138. The second-order valence-corrected chi connectivity index (χ2v) is 8.59. The Hall–Kier alpha value is -2.93. The first kappa shape index (κ1) is 19.4. The van der Waals surface area contributed by atoms with Crippen LogP contribution >= 0.6 is 11.6 Å². The molecule has 7 heteroatoms. The summed E-state index contributed by atoms with van der Waals surface area (Å²) in [4.78, 5) is 4.52. The van der Waals surface area contributed by atoms with Gasteiger partial charge in [-0.2, -0.15) is 0 Å². The molecule has 2 heterocycles. The van der Waals surface area contributed by atoms with Crippen LogP contribution in [-0.2, 0) is 16.6 Å². The average molecular weight is 425 g/mol. The third kappa shape index (κ3) is 4.56. The number of sulfonamides is 1. The van der Waals surface area contributed by atoms with Gasteiger partial charge in [0.2, 0.25) is 10.0 Å². The SMILES string of the molecule is O=S(=O)(NCc1ccc(-c2ccco2)nc1)c1cccc(-c2ccc(Cl)cc2)c1. The zero-order valence-corrected chi connectivity index (χ0v) is 16.8. The van der Waals surface area contributed by atoms with E-state index in [0.717, 1.165) is 16.7 Å². The molecule has 0 radical (unpaired) electrons. The lowest BCUT2D eigenvalue weighted by Gasteiger charge is -2.09. The van der Waals surface area contributed by atoms with Crippen LogP contribution in [0.3, 0.4) is 0 Å². The predicted octanol–water partition coefficient (Wildman–Crippen LogP) is 5.14. The molecule has 0 atom stereocenters. The number of pyridine rings is 1. The van der Waals surface area contributed by atoms with Crippen molar-refractivity contribution >= 4 is 21.6 Å². The number of halogens is 1. The molecular weight excluding hydrogens is 408 g/mol. The van der Waals surface area contributed by atoms with Gasteiger partial charge in [-0.05, 0) is 59.2 Å². The summed E-state index contributed by atoms with van der Waals surface area (Å²) in [6.07, 6.45) is 3.21. The van der Waals surface area contributed by atoms with Crippen molar-refractivity contribution in [3.05, 3.63) is 95.8 Å². The van der Waals surface area contributed by atoms with E-state index in [0.29, 0.717) is 16.5 Å². The molecule has 0 amide bonds. The lowest BCUT2D eigenvalue weighted by atomic mass is 10.1. The third-order valence-corrected chi connectivity index (χ3v) is 6.04. The Morgan fingerprint density at radius 1 is 0.931 bits per heavy atom. The van der Waals surface area contributed by atoms with Crippen molar-refractivity contribution in [2.45, 2.75) is 11.4 Å². The molecule has 29 heavy (non-hydrogen) atoms. The largest absolute Gasteiger partial charge is 0.463 e. The molecule has 5 nitrogen and oxygen atoms in total. The summed E-state index contributed by atoms with van der Waals surface area (Å²) in [6, 6.07) is 21.3. The number of furan rings is 1. The topological polar surface area (TPSA) is 72.2 Å². The Labute approximate surface area is 174 Å². The van der Waals surface area contributed by atoms with Crippen molar-refractivity contribution in [2.24, 2.45) is 0 Å². The van der Waals surface area contributed by atoms with Gasteiger partial charge in [0.1, 0.15) is 5.69 Å².